The monoisotopic (exact) mass is 363 g/mol. The first-order chi connectivity index (χ1) is 11.6. The van der Waals surface area contributed by atoms with Gasteiger partial charge in [-0.3, -0.25) is 4.79 Å². The molecule has 1 atom stereocenters. The van der Waals surface area contributed by atoms with Crippen molar-refractivity contribution in [3.63, 3.8) is 0 Å². The standard InChI is InChI=1S/C19H22ClNO2S/c20-15-7-5-14(6-8-15)19(10-1-2-11-19)18(23)21-12-9-16(22)17-4-3-13-24-17/h3-8,13,16,22H,1-2,9-12H2,(H,21,23). The minimum absolute atomic E-state index is 0.0701. The zero-order valence-electron chi connectivity index (χ0n) is 13.5. The van der Waals surface area contributed by atoms with E-state index >= 15 is 0 Å². The number of hydrogen-bond acceptors (Lipinski definition) is 3. The summed E-state index contributed by atoms with van der Waals surface area (Å²) in [5.41, 5.74) is 0.596. The van der Waals surface area contributed by atoms with Gasteiger partial charge in [0, 0.05) is 16.4 Å². The number of aliphatic hydroxyl groups is 1. The van der Waals surface area contributed by atoms with Crippen LogP contribution in [0.15, 0.2) is 41.8 Å². The van der Waals surface area contributed by atoms with Gasteiger partial charge in [0.05, 0.1) is 11.5 Å². The van der Waals surface area contributed by atoms with E-state index in [1.54, 1.807) is 0 Å². The van der Waals surface area contributed by atoms with E-state index in [4.69, 9.17) is 11.6 Å². The molecule has 1 heterocycles. The van der Waals surface area contributed by atoms with Gasteiger partial charge in [-0.15, -0.1) is 11.3 Å². The van der Waals surface area contributed by atoms with Crippen LogP contribution >= 0.6 is 22.9 Å². The molecule has 1 unspecified atom stereocenters. The van der Waals surface area contributed by atoms with Crippen LogP contribution in [-0.4, -0.2) is 17.6 Å². The molecule has 24 heavy (non-hydrogen) atoms. The van der Waals surface area contributed by atoms with Crippen LogP contribution in [0.2, 0.25) is 5.02 Å². The molecular weight excluding hydrogens is 342 g/mol. The number of nitrogens with one attached hydrogen (secondary N) is 1. The van der Waals surface area contributed by atoms with Crippen LogP contribution in [0.4, 0.5) is 0 Å². The molecule has 0 aliphatic heterocycles. The lowest BCUT2D eigenvalue weighted by Gasteiger charge is -2.28. The second kappa shape index (κ2) is 7.68. The molecule has 0 radical (unpaired) electrons. The van der Waals surface area contributed by atoms with E-state index in [0.29, 0.717) is 18.0 Å². The highest BCUT2D eigenvalue weighted by molar-refractivity contribution is 7.10. The molecule has 0 spiro atoms. The summed E-state index contributed by atoms with van der Waals surface area (Å²) in [6, 6.07) is 11.5. The Bertz CT molecular complexity index is 663. The van der Waals surface area contributed by atoms with E-state index in [9.17, 15) is 9.90 Å². The first-order valence-electron chi connectivity index (χ1n) is 8.38. The van der Waals surface area contributed by atoms with Crippen LogP contribution < -0.4 is 5.32 Å². The van der Waals surface area contributed by atoms with Gasteiger partial charge in [-0.25, -0.2) is 0 Å². The van der Waals surface area contributed by atoms with Crippen molar-refractivity contribution in [2.45, 2.75) is 43.6 Å². The second-order valence-corrected chi connectivity index (χ2v) is 7.79. The molecule has 3 nitrogen and oxygen atoms in total. The molecule has 1 aromatic heterocycles. The number of thiophene rings is 1. The maximum atomic E-state index is 12.9. The average molecular weight is 364 g/mol. The lowest BCUT2D eigenvalue weighted by atomic mass is 9.78. The highest BCUT2D eigenvalue weighted by Crippen LogP contribution is 2.41. The maximum absolute atomic E-state index is 12.9. The molecule has 1 aliphatic carbocycles. The summed E-state index contributed by atoms with van der Waals surface area (Å²) in [4.78, 5) is 13.8. The Morgan fingerprint density at radius 1 is 1.25 bits per heavy atom. The topological polar surface area (TPSA) is 49.3 Å². The number of aliphatic hydroxyl groups excluding tert-OH is 1. The Kier molecular flexibility index (Phi) is 5.59. The Hall–Kier alpha value is -1.36. The maximum Gasteiger partial charge on any atom is 0.230 e. The van der Waals surface area contributed by atoms with E-state index in [1.807, 2.05) is 41.8 Å². The van der Waals surface area contributed by atoms with E-state index in [0.717, 1.165) is 36.1 Å². The van der Waals surface area contributed by atoms with Gasteiger partial charge in [-0.05, 0) is 48.4 Å². The third kappa shape index (κ3) is 3.66. The largest absolute Gasteiger partial charge is 0.388 e. The average Bonchev–Trinajstić information content (AvgIpc) is 3.28. The zero-order chi connectivity index (χ0) is 17.0. The minimum atomic E-state index is -0.514. The summed E-state index contributed by atoms with van der Waals surface area (Å²) in [5, 5.41) is 15.8. The van der Waals surface area contributed by atoms with Crippen molar-refractivity contribution in [2.24, 2.45) is 0 Å². The fraction of sp³-hybridized carbons (Fsp3) is 0.421. The number of carbonyl (C=O) groups excluding carboxylic acids is 1. The number of carbonyl (C=O) groups is 1. The lowest BCUT2D eigenvalue weighted by molar-refractivity contribution is -0.126. The zero-order valence-corrected chi connectivity index (χ0v) is 15.1. The van der Waals surface area contributed by atoms with Crippen molar-refractivity contribution in [2.75, 3.05) is 6.54 Å². The summed E-state index contributed by atoms with van der Waals surface area (Å²) in [6.45, 7) is 0.479. The smallest absolute Gasteiger partial charge is 0.230 e. The van der Waals surface area contributed by atoms with Crippen molar-refractivity contribution in [1.29, 1.82) is 0 Å². The first-order valence-corrected chi connectivity index (χ1v) is 9.63. The van der Waals surface area contributed by atoms with E-state index < -0.39 is 11.5 Å². The SMILES string of the molecule is O=C(NCCC(O)c1cccs1)C1(c2ccc(Cl)cc2)CCCC1. The predicted molar refractivity (Wildman–Crippen MR) is 98.5 cm³/mol. The molecule has 5 heteroatoms. The number of amides is 1. The van der Waals surface area contributed by atoms with Gasteiger partial charge >= 0.3 is 0 Å². The highest BCUT2D eigenvalue weighted by atomic mass is 35.5. The van der Waals surface area contributed by atoms with E-state index in [-0.39, 0.29) is 5.91 Å². The van der Waals surface area contributed by atoms with Gasteiger partial charge < -0.3 is 10.4 Å². The van der Waals surface area contributed by atoms with Gasteiger partial charge in [0.1, 0.15) is 0 Å². The van der Waals surface area contributed by atoms with Crippen LogP contribution in [0, 0.1) is 0 Å². The molecule has 1 fully saturated rings. The van der Waals surface area contributed by atoms with Crippen LogP contribution in [0.5, 0.6) is 0 Å². The number of hydrogen-bond donors (Lipinski definition) is 2. The summed E-state index contributed by atoms with van der Waals surface area (Å²) < 4.78 is 0. The number of benzene rings is 1. The Morgan fingerprint density at radius 2 is 1.96 bits per heavy atom. The molecule has 0 bridgehead atoms. The quantitative estimate of drug-likeness (QED) is 0.796. The van der Waals surface area contributed by atoms with Gasteiger partial charge in [-0.1, -0.05) is 42.6 Å². The van der Waals surface area contributed by atoms with Crippen molar-refractivity contribution in [3.8, 4) is 0 Å². The van der Waals surface area contributed by atoms with Gasteiger partial charge in [0.15, 0.2) is 0 Å². The first kappa shape index (κ1) is 17.5. The fourth-order valence-corrected chi connectivity index (χ4v) is 4.38. The van der Waals surface area contributed by atoms with Crippen LogP contribution in [0.25, 0.3) is 0 Å². The van der Waals surface area contributed by atoms with Gasteiger partial charge in [0.25, 0.3) is 0 Å². The minimum Gasteiger partial charge on any atom is -0.388 e. The molecule has 128 valence electrons. The molecule has 1 aromatic carbocycles. The normalized spacial score (nSPS) is 17.6. The van der Waals surface area contributed by atoms with E-state index in [1.165, 1.54) is 11.3 Å². The van der Waals surface area contributed by atoms with Crippen molar-refractivity contribution >= 4 is 28.8 Å². The molecule has 1 aliphatic rings. The molecule has 2 N–H and O–H groups in total. The highest BCUT2D eigenvalue weighted by Gasteiger charge is 2.42. The number of rotatable bonds is 6. The summed E-state index contributed by atoms with van der Waals surface area (Å²) in [5.74, 6) is 0.0701. The Labute approximate surface area is 151 Å². The third-order valence-electron chi connectivity index (χ3n) is 4.86. The molecular formula is C19H22ClNO2S. The summed E-state index contributed by atoms with van der Waals surface area (Å²) in [7, 11) is 0. The molecule has 1 amide bonds. The number of halogens is 1. The van der Waals surface area contributed by atoms with Gasteiger partial charge in [-0.2, -0.15) is 0 Å². The van der Waals surface area contributed by atoms with Crippen molar-refractivity contribution in [1.82, 2.24) is 5.32 Å². The summed E-state index contributed by atoms with van der Waals surface area (Å²) in [6.07, 6.45) is 3.88. The third-order valence-corrected chi connectivity index (χ3v) is 6.09. The van der Waals surface area contributed by atoms with E-state index in [2.05, 4.69) is 5.32 Å². The van der Waals surface area contributed by atoms with Crippen LogP contribution in [0.3, 0.4) is 0 Å². The second-order valence-electron chi connectivity index (χ2n) is 6.37. The Morgan fingerprint density at radius 3 is 2.58 bits per heavy atom. The molecule has 2 aromatic rings. The van der Waals surface area contributed by atoms with Crippen molar-refractivity contribution in [3.05, 3.63) is 57.2 Å². The molecule has 3 rings (SSSR count). The van der Waals surface area contributed by atoms with Crippen LogP contribution in [0.1, 0.15) is 48.6 Å². The van der Waals surface area contributed by atoms with Crippen LogP contribution in [-0.2, 0) is 10.2 Å². The molecule has 0 saturated heterocycles. The fourth-order valence-electron chi connectivity index (χ4n) is 3.51. The van der Waals surface area contributed by atoms with Gasteiger partial charge in [0.2, 0.25) is 5.91 Å². The summed E-state index contributed by atoms with van der Waals surface area (Å²) >= 11 is 7.52. The Balaban J connectivity index is 1.64. The van der Waals surface area contributed by atoms with Crippen molar-refractivity contribution < 1.29 is 9.90 Å². The predicted octanol–water partition coefficient (Wildman–Crippen LogP) is 4.45. The molecule has 1 saturated carbocycles. The lowest BCUT2D eigenvalue weighted by Crippen LogP contribution is -2.43.